The van der Waals surface area contributed by atoms with Crippen LogP contribution in [0.4, 0.5) is 5.69 Å². The lowest BCUT2D eigenvalue weighted by Crippen LogP contribution is -2.29. The minimum Gasteiger partial charge on any atom is -0.441 e. The van der Waals surface area contributed by atoms with Crippen molar-refractivity contribution in [2.45, 2.75) is 40.2 Å². The first-order valence-corrected chi connectivity index (χ1v) is 12.0. The molecule has 33 heavy (non-hydrogen) atoms. The molecule has 4 rings (SSSR count). The van der Waals surface area contributed by atoms with E-state index in [1.54, 1.807) is 0 Å². The van der Waals surface area contributed by atoms with Crippen LogP contribution >= 0.6 is 0 Å². The molecule has 0 saturated heterocycles. The Labute approximate surface area is 196 Å². The standard InChI is InChI=1S/C27H34N4O2/c1-4-30(5-2)17-8-16-28-26(32)22-11-13-23(14-12-22)27-29-24(20(3)33-27)19-31-18-15-21-9-6-7-10-25(21)31/h6-7,9-14H,4-5,8,15-19H2,1-3H3,(H,28,32). The van der Waals surface area contributed by atoms with Crippen LogP contribution in [-0.4, -0.2) is 48.5 Å². The van der Waals surface area contributed by atoms with Gasteiger partial charge in [-0.1, -0.05) is 32.0 Å². The summed E-state index contributed by atoms with van der Waals surface area (Å²) in [5, 5.41) is 3.01. The summed E-state index contributed by atoms with van der Waals surface area (Å²) >= 11 is 0. The van der Waals surface area contributed by atoms with Crippen LogP contribution in [0.25, 0.3) is 11.5 Å². The minimum absolute atomic E-state index is 0.0435. The minimum atomic E-state index is -0.0435. The maximum absolute atomic E-state index is 12.5. The molecule has 1 aliphatic heterocycles. The van der Waals surface area contributed by atoms with E-state index in [1.807, 2.05) is 31.2 Å². The van der Waals surface area contributed by atoms with Crippen LogP contribution in [-0.2, 0) is 13.0 Å². The molecule has 1 aliphatic rings. The molecule has 1 aromatic heterocycles. The Hall–Kier alpha value is -3.12. The van der Waals surface area contributed by atoms with Crippen LogP contribution in [0.15, 0.2) is 52.9 Å². The van der Waals surface area contributed by atoms with Crippen molar-refractivity contribution in [3.8, 4) is 11.5 Å². The molecule has 1 amide bonds. The Morgan fingerprint density at radius 3 is 2.64 bits per heavy atom. The second-order valence-electron chi connectivity index (χ2n) is 8.54. The Balaban J connectivity index is 1.35. The number of hydrogen-bond donors (Lipinski definition) is 1. The molecule has 0 aliphatic carbocycles. The molecule has 1 N–H and O–H groups in total. The van der Waals surface area contributed by atoms with Crippen molar-refractivity contribution >= 4 is 11.6 Å². The molecule has 0 saturated carbocycles. The largest absolute Gasteiger partial charge is 0.441 e. The Kier molecular flexibility index (Phi) is 7.45. The van der Waals surface area contributed by atoms with Gasteiger partial charge in [-0.2, -0.15) is 0 Å². The lowest BCUT2D eigenvalue weighted by molar-refractivity contribution is 0.0952. The number of benzene rings is 2. The van der Waals surface area contributed by atoms with Crippen LogP contribution in [0, 0.1) is 6.92 Å². The number of para-hydroxylation sites is 1. The predicted molar refractivity (Wildman–Crippen MR) is 133 cm³/mol. The third kappa shape index (κ3) is 5.45. The molecule has 174 valence electrons. The van der Waals surface area contributed by atoms with E-state index in [9.17, 15) is 4.79 Å². The number of carbonyl (C=O) groups excluding carboxylic acids is 1. The number of fused-ring (bicyclic) bond motifs is 1. The fourth-order valence-corrected chi connectivity index (χ4v) is 4.36. The second kappa shape index (κ2) is 10.7. The first-order valence-electron chi connectivity index (χ1n) is 12.0. The summed E-state index contributed by atoms with van der Waals surface area (Å²) in [6, 6.07) is 16.0. The molecule has 2 heterocycles. The lowest BCUT2D eigenvalue weighted by Gasteiger charge is -2.18. The number of aromatic nitrogens is 1. The summed E-state index contributed by atoms with van der Waals surface area (Å²) in [6.07, 6.45) is 2.02. The average molecular weight is 447 g/mol. The van der Waals surface area contributed by atoms with E-state index < -0.39 is 0 Å². The zero-order valence-corrected chi connectivity index (χ0v) is 19.9. The van der Waals surface area contributed by atoms with Gasteiger partial charge in [0.1, 0.15) is 11.5 Å². The van der Waals surface area contributed by atoms with Crippen LogP contribution < -0.4 is 10.2 Å². The molecular formula is C27H34N4O2. The van der Waals surface area contributed by atoms with Crippen molar-refractivity contribution in [1.29, 1.82) is 0 Å². The van der Waals surface area contributed by atoms with Gasteiger partial charge in [0.05, 0.1) is 6.54 Å². The molecule has 0 unspecified atom stereocenters. The molecule has 0 radical (unpaired) electrons. The highest BCUT2D eigenvalue weighted by molar-refractivity contribution is 5.94. The van der Waals surface area contributed by atoms with Gasteiger partial charge >= 0.3 is 0 Å². The summed E-state index contributed by atoms with van der Waals surface area (Å²) in [7, 11) is 0. The number of oxazole rings is 1. The van der Waals surface area contributed by atoms with E-state index in [0.717, 1.165) is 62.6 Å². The van der Waals surface area contributed by atoms with E-state index in [2.05, 4.69) is 53.2 Å². The van der Waals surface area contributed by atoms with Gasteiger partial charge in [0.15, 0.2) is 0 Å². The Morgan fingerprint density at radius 1 is 1.12 bits per heavy atom. The summed E-state index contributed by atoms with van der Waals surface area (Å²) in [5.74, 6) is 1.39. The second-order valence-corrected chi connectivity index (χ2v) is 8.54. The first-order chi connectivity index (χ1) is 16.1. The van der Waals surface area contributed by atoms with Crippen molar-refractivity contribution in [2.75, 3.05) is 37.6 Å². The monoisotopic (exact) mass is 446 g/mol. The zero-order chi connectivity index (χ0) is 23.2. The average Bonchev–Trinajstić information content (AvgIpc) is 3.43. The van der Waals surface area contributed by atoms with Gasteiger partial charge < -0.3 is 19.5 Å². The van der Waals surface area contributed by atoms with Crippen molar-refractivity contribution in [3.05, 3.63) is 71.1 Å². The smallest absolute Gasteiger partial charge is 0.251 e. The number of hydrogen-bond acceptors (Lipinski definition) is 5. The SMILES string of the molecule is CCN(CC)CCCNC(=O)c1ccc(-c2nc(CN3CCc4ccccc43)c(C)o2)cc1. The van der Waals surface area contributed by atoms with Gasteiger partial charge in [-0.15, -0.1) is 0 Å². The van der Waals surface area contributed by atoms with Gasteiger partial charge in [0, 0.05) is 29.9 Å². The third-order valence-corrected chi connectivity index (χ3v) is 6.44. The summed E-state index contributed by atoms with van der Waals surface area (Å²) in [6.45, 7) is 11.8. The molecule has 6 heteroatoms. The fourth-order valence-electron chi connectivity index (χ4n) is 4.36. The molecule has 6 nitrogen and oxygen atoms in total. The lowest BCUT2D eigenvalue weighted by atomic mass is 10.1. The van der Waals surface area contributed by atoms with Crippen molar-refractivity contribution < 1.29 is 9.21 Å². The Morgan fingerprint density at radius 2 is 1.88 bits per heavy atom. The van der Waals surface area contributed by atoms with Crippen molar-refractivity contribution in [3.63, 3.8) is 0 Å². The highest BCUT2D eigenvalue weighted by atomic mass is 16.4. The van der Waals surface area contributed by atoms with Gasteiger partial charge in [0.25, 0.3) is 5.91 Å². The van der Waals surface area contributed by atoms with E-state index in [1.165, 1.54) is 11.3 Å². The van der Waals surface area contributed by atoms with Crippen LogP contribution in [0.2, 0.25) is 0 Å². The normalized spacial score (nSPS) is 12.9. The molecule has 0 fully saturated rings. The summed E-state index contributed by atoms with van der Waals surface area (Å²) in [5.41, 5.74) is 5.16. The quantitative estimate of drug-likeness (QED) is 0.459. The predicted octanol–water partition coefficient (Wildman–Crippen LogP) is 4.67. The molecule has 0 bridgehead atoms. The van der Waals surface area contributed by atoms with Gasteiger partial charge in [0.2, 0.25) is 5.89 Å². The van der Waals surface area contributed by atoms with E-state index in [-0.39, 0.29) is 5.91 Å². The summed E-state index contributed by atoms with van der Waals surface area (Å²) < 4.78 is 5.98. The van der Waals surface area contributed by atoms with Gasteiger partial charge in [-0.05, 0) is 75.3 Å². The zero-order valence-electron chi connectivity index (χ0n) is 19.9. The highest BCUT2D eigenvalue weighted by Crippen LogP contribution is 2.30. The van der Waals surface area contributed by atoms with Gasteiger partial charge in [-0.3, -0.25) is 4.79 Å². The van der Waals surface area contributed by atoms with Crippen LogP contribution in [0.3, 0.4) is 0 Å². The van der Waals surface area contributed by atoms with E-state index in [4.69, 9.17) is 9.40 Å². The highest BCUT2D eigenvalue weighted by Gasteiger charge is 2.21. The molecule has 0 spiro atoms. The summed E-state index contributed by atoms with van der Waals surface area (Å²) in [4.78, 5) is 21.9. The van der Waals surface area contributed by atoms with Crippen molar-refractivity contribution in [2.24, 2.45) is 0 Å². The van der Waals surface area contributed by atoms with Crippen LogP contribution in [0.1, 0.15) is 47.6 Å². The van der Waals surface area contributed by atoms with E-state index >= 15 is 0 Å². The fraction of sp³-hybridized carbons (Fsp3) is 0.407. The van der Waals surface area contributed by atoms with E-state index in [0.29, 0.717) is 18.0 Å². The molecular weight excluding hydrogens is 412 g/mol. The van der Waals surface area contributed by atoms with Crippen LogP contribution in [0.5, 0.6) is 0 Å². The Bertz CT molecular complexity index is 1070. The maximum atomic E-state index is 12.5. The number of nitrogens with zero attached hydrogens (tertiary/aromatic N) is 3. The first kappa shape index (κ1) is 23.1. The van der Waals surface area contributed by atoms with Crippen molar-refractivity contribution in [1.82, 2.24) is 15.2 Å². The number of amides is 1. The number of nitrogens with one attached hydrogen (secondary N) is 1. The molecule has 2 aromatic carbocycles. The molecule has 3 aromatic rings. The number of carbonyl (C=O) groups is 1. The number of aryl methyl sites for hydroxylation is 1. The maximum Gasteiger partial charge on any atom is 0.251 e. The molecule has 0 atom stereocenters. The third-order valence-electron chi connectivity index (χ3n) is 6.44. The van der Waals surface area contributed by atoms with Gasteiger partial charge in [-0.25, -0.2) is 4.98 Å². The number of anilines is 1. The topological polar surface area (TPSA) is 61.6 Å². The number of rotatable bonds is 10.